The van der Waals surface area contributed by atoms with Crippen molar-refractivity contribution in [2.24, 2.45) is 5.92 Å². The molecular formula is C19H23F3N2O4. The van der Waals surface area contributed by atoms with Gasteiger partial charge in [0.2, 0.25) is 11.8 Å². The topological polar surface area (TPSA) is 75.7 Å². The number of nitrogens with one attached hydrogen (secondary N) is 1. The van der Waals surface area contributed by atoms with E-state index in [0.717, 1.165) is 6.07 Å². The number of rotatable bonds is 7. The van der Waals surface area contributed by atoms with E-state index >= 15 is 0 Å². The lowest BCUT2D eigenvalue weighted by molar-refractivity contribution is -0.146. The lowest BCUT2D eigenvalue weighted by atomic mass is 10.0. The Kier molecular flexibility index (Phi) is 7.04. The highest BCUT2D eigenvalue weighted by atomic mass is 19.2. The second-order valence-electron chi connectivity index (χ2n) is 7.09. The van der Waals surface area contributed by atoms with Crippen molar-refractivity contribution in [3.8, 4) is 0 Å². The maximum absolute atomic E-state index is 13.9. The van der Waals surface area contributed by atoms with Crippen molar-refractivity contribution in [1.29, 1.82) is 0 Å². The van der Waals surface area contributed by atoms with Gasteiger partial charge in [-0.25, -0.2) is 18.0 Å². The molecule has 154 valence electrons. The fourth-order valence-corrected chi connectivity index (χ4v) is 3.20. The van der Waals surface area contributed by atoms with Crippen LogP contribution in [-0.4, -0.2) is 41.9 Å². The Balaban J connectivity index is 2.10. The van der Waals surface area contributed by atoms with Gasteiger partial charge in [0, 0.05) is 37.1 Å². The lowest BCUT2D eigenvalue weighted by Crippen LogP contribution is -2.47. The van der Waals surface area contributed by atoms with Gasteiger partial charge in [-0.3, -0.25) is 9.59 Å². The van der Waals surface area contributed by atoms with Crippen LogP contribution in [0, 0.1) is 23.4 Å². The first-order valence-electron chi connectivity index (χ1n) is 8.94. The zero-order chi connectivity index (χ0) is 21.0. The molecule has 1 aliphatic rings. The van der Waals surface area contributed by atoms with Crippen molar-refractivity contribution in [3.63, 3.8) is 0 Å². The van der Waals surface area contributed by atoms with Crippen LogP contribution in [0.3, 0.4) is 0 Å². The molecule has 1 aromatic rings. The van der Waals surface area contributed by atoms with Crippen LogP contribution in [0.25, 0.3) is 0 Å². The Morgan fingerprint density at radius 2 is 1.96 bits per heavy atom. The quantitative estimate of drug-likeness (QED) is 0.563. The van der Waals surface area contributed by atoms with Gasteiger partial charge in [0.25, 0.3) is 0 Å². The minimum Gasteiger partial charge on any atom is -0.467 e. The summed E-state index contributed by atoms with van der Waals surface area (Å²) in [5, 5.41) is 2.58. The number of carbonyl (C=O) groups excluding carboxylic acids is 3. The Morgan fingerprint density at radius 3 is 2.57 bits per heavy atom. The molecule has 2 atom stereocenters. The van der Waals surface area contributed by atoms with Crippen LogP contribution < -0.4 is 5.32 Å². The molecule has 2 rings (SSSR count). The monoisotopic (exact) mass is 400 g/mol. The Hall–Kier alpha value is -2.58. The summed E-state index contributed by atoms with van der Waals surface area (Å²) in [6, 6.07) is -0.150. The summed E-state index contributed by atoms with van der Waals surface area (Å²) < 4.78 is 45.4. The SMILES string of the molecule is COC(=O)[C@@H](NC(=O)C[C@@H]1CCC(=O)N1Cc1cc(F)cc(F)c1F)C(C)C. The molecule has 0 aliphatic carbocycles. The van der Waals surface area contributed by atoms with Gasteiger partial charge >= 0.3 is 5.97 Å². The van der Waals surface area contributed by atoms with E-state index in [1.807, 2.05) is 0 Å². The van der Waals surface area contributed by atoms with Crippen LogP contribution in [0.1, 0.15) is 38.7 Å². The molecular weight excluding hydrogens is 377 g/mol. The number of methoxy groups -OCH3 is 1. The summed E-state index contributed by atoms with van der Waals surface area (Å²) in [5.74, 6) is -5.12. The minimum absolute atomic E-state index is 0.120. The first-order valence-corrected chi connectivity index (χ1v) is 8.94. The number of halogens is 3. The molecule has 0 aromatic heterocycles. The van der Waals surface area contributed by atoms with Gasteiger partial charge in [0.05, 0.1) is 7.11 Å². The smallest absolute Gasteiger partial charge is 0.328 e. The van der Waals surface area contributed by atoms with E-state index in [-0.39, 0.29) is 36.8 Å². The summed E-state index contributed by atoms with van der Waals surface area (Å²) >= 11 is 0. The van der Waals surface area contributed by atoms with Crippen molar-refractivity contribution in [2.45, 2.75) is 51.7 Å². The molecule has 0 saturated carbocycles. The number of ether oxygens (including phenoxy) is 1. The van der Waals surface area contributed by atoms with Gasteiger partial charge in [-0.15, -0.1) is 0 Å². The maximum Gasteiger partial charge on any atom is 0.328 e. The van der Waals surface area contributed by atoms with Gasteiger partial charge in [-0.05, 0) is 18.4 Å². The second kappa shape index (κ2) is 9.07. The van der Waals surface area contributed by atoms with Gasteiger partial charge in [-0.1, -0.05) is 13.8 Å². The Bertz CT molecular complexity index is 770. The molecule has 0 unspecified atom stereocenters. The zero-order valence-electron chi connectivity index (χ0n) is 15.9. The Labute approximate surface area is 161 Å². The van der Waals surface area contributed by atoms with E-state index in [1.165, 1.54) is 12.0 Å². The van der Waals surface area contributed by atoms with Crippen molar-refractivity contribution in [1.82, 2.24) is 10.2 Å². The average Bonchev–Trinajstić information content (AvgIpc) is 2.96. The summed E-state index contributed by atoms with van der Waals surface area (Å²) in [7, 11) is 1.22. The summed E-state index contributed by atoms with van der Waals surface area (Å²) in [6.07, 6.45) is 0.365. The van der Waals surface area contributed by atoms with Crippen LogP contribution in [0.5, 0.6) is 0 Å². The standard InChI is InChI=1S/C19H23F3N2O4/c1-10(2)18(19(27)28-3)23-15(25)8-13-4-5-16(26)24(13)9-11-6-12(20)7-14(21)17(11)22/h6-7,10,13,18H,4-5,8-9H2,1-3H3,(H,23,25)/t13-,18-/m0/s1. The van der Waals surface area contributed by atoms with Gasteiger partial charge in [0.1, 0.15) is 11.9 Å². The minimum atomic E-state index is -1.34. The average molecular weight is 400 g/mol. The Morgan fingerprint density at radius 1 is 1.29 bits per heavy atom. The van der Waals surface area contributed by atoms with Crippen molar-refractivity contribution < 1.29 is 32.3 Å². The van der Waals surface area contributed by atoms with Crippen molar-refractivity contribution in [2.75, 3.05) is 7.11 Å². The number of hydrogen-bond acceptors (Lipinski definition) is 4. The molecule has 1 heterocycles. The summed E-state index contributed by atoms with van der Waals surface area (Å²) in [5.41, 5.74) is -0.298. The molecule has 9 heteroatoms. The second-order valence-corrected chi connectivity index (χ2v) is 7.09. The first kappa shape index (κ1) is 21.7. The van der Waals surface area contributed by atoms with E-state index in [1.54, 1.807) is 13.8 Å². The fourth-order valence-electron chi connectivity index (χ4n) is 3.20. The molecule has 1 fully saturated rings. The van der Waals surface area contributed by atoms with Crippen LogP contribution in [-0.2, 0) is 25.7 Å². The van der Waals surface area contributed by atoms with Gasteiger partial charge in [0.15, 0.2) is 11.6 Å². The van der Waals surface area contributed by atoms with E-state index in [0.29, 0.717) is 12.5 Å². The van der Waals surface area contributed by atoms with Crippen molar-refractivity contribution >= 4 is 17.8 Å². The van der Waals surface area contributed by atoms with E-state index in [2.05, 4.69) is 10.1 Å². The van der Waals surface area contributed by atoms with Crippen molar-refractivity contribution in [3.05, 3.63) is 35.1 Å². The summed E-state index contributed by atoms with van der Waals surface area (Å²) in [4.78, 5) is 37.5. The molecule has 1 saturated heterocycles. The molecule has 6 nitrogen and oxygen atoms in total. The molecule has 1 N–H and O–H groups in total. The molecule has 0 radical (unpaired) electrons. The number of hydrogen-bond donors (Lipinski definition) is 1. The van der Waals surface area contributed by atoms with Gasteiger partial charge in [-0.2, -0.15) is 0 Å². The number of likely N-dealkylation sites (tertiary alicyclic amines) is 1. The molecule has 0 bridgehead atoms. The lowest BCUT2D eigenvalue weighted by Gasteiger charge is -2.26. The highest BCUT2D eigenvalue weighted by Crippen LogP contribution is 2.26. The maximum atomic E-state index is 13.9. The van der Waals surface area contributed by atoms with E-state index in [9.17, 15) is 27.6 Å². The molecule has 2 amide bonds. The normalized spacial score (nSPS) is 17.8. The van der Waals surface area contributed by atoms with Crippen LogP contribution in [0.4, 0.5) is 13.2 Å². The first-order chi connectivity index (χ1) is 13.1. The number of nitrogens with zero attached hydrogens (tertiary/aromatic N) is 1. The molecule has 28 heavy (non-hydrogen) atoms. The third-order valence-corrected chi connectivity index (χ3v) is 4.72. The molecule has 1 aliphatic heterocycles. The van der Waals surface area contributed by atoms with E-state index < -0.39 is 41.4 Å². The number of benzene rings is 1. The number of amides is 2. The van der Waals surface area contributed by atoms with Gasteiger partial charge < -0.3 is 15.0 Å². The summed E-state index contributed by atoms with van der Waals surface area (Å²) in [6.45, 7) is 3.14. The third-order valence-electron chi connectivity index (χ3n) is 4.72. The third kappa shape index (κ3) is 5.02. The predicted octanol–water partition coefficient (Wildman–Crippen LogP) is 2.30. The largest absolute Gasteiger partial charge is 0.467 e. The molecule has 1 aromatic carbocycles. The van der Waals surface area contributed by atoms with Crippen LogP contribution in [0.2, 0.25) is 0 Å². The van der Waals surface area contributed by atoms with E-state index in [4.69, 9.17) is 0 Å². The number of esters is 1. The highest BCUT2D eigenvalue weighted by molar-refractivity contribution is 5.86. The van der Waals surface area contributed by atoms with Crippen LogP contribution >= 0.6 is 0 Å². The zero-order valence-corrected chi connectivity index (χ0v) is 15.9. The fraction of sp³-hybridized carbons (Fsp3) is 0.526. The highest BCUT2D eigenvalue weighted by Gasteiger charge is 2.34. The number of carbonyl (C=O) groups is 3. The molecule has 0 spiro atoms. The predicted molar refractivity (Wildman–Crippen MR) is 93.3 cm³/mol. The van der Waals surface area contributed by atoms with Crippen LogP contribution in [0.15, 0.2) is 12.1 Å².